The van der Waals surface area contributed by atoms with Crippen molar-refractivity contribution in [3.05, 3.63) is 51.4 Å². The molecule has 0 bridgehead atoms. The summed E-state index contributed by atoms with van der Waals surface area (Å²) in [6.45, 7) is 1.58. The fourth-order valence-corrected chi connectivity index (χ4v) is 3.36. The smallest absolute Gasteiger partial charge is 0.340 e. The molecule has 1 saturated heterocycles. The molecule has 0 aliphatic carbocycles. The summed E-state index contributed by atoms with van der Waals surface area (Å²) >= 11 is 6.34. The Labute approximate surface area is 155 Å². The third-order valence-corrected chi connectivity index (χ3v) is 5.01. The Morgan fingerprint density at radius 3 is 2.65 bits per heavy atom. The summed E-state index contributed by atoms with van der Waals surface area (Å²) in [4.78, 5) is 26.7. The van der Waals surface area contributed by atoms with Gasteiger partial charge < -0.3 is 14.7 Å². The highest BCUT2D eigenvalue weighted by molar-refractivity contribution is 6.33. The third-order valence-electron chi connectivity index (χ3n) is 4.65. The number of rotatable bonds is 4. The zero-order valence-electron chi connectivity index (χ0n) is 14.4. The van der Waals surface area contributed by atoms with Gasteiger partial charge in [-0.15, -0.1) is 0 Å². The summed E-state index contributed by atoms with van der Waals surface area (Å²) in [5, 5.41) is 13.5. The van der Waals surface area contributed by atoms with E-state index in [4.69, 9.17) is 16.3 Å². The lowest BCUT2D eigenvalue weighted by Crippen LogP contribution is -2.36. The van der Waals surface area contributed by atoms with Gasteiger partial charge in [0.25, 0.3) is 5.56 Å². The molecular weight excluding hydrogens is 358 g/mol. The molecular formula is C18H20ClN3O4. The first-order valence-corrected chi connectivity index (χ1v) is 8.76. The average Bonchev–Trinajstić information content (AvgIpc) is 2.69. The molecule has 2 heterocycles. The Morgan fingerprint density at radius 1 is 1.31 bits per heavy atom. The number of piperidine rings is 1. The van der Waals surface area contributed by atoms with Crippen molar-refractivity contribution in [2.75, 3.05) is 31.7 Å². The molecule has 0 saturated carbocycles. The van der Waals surface area contributed by atoms with Crippen molar-refractivity contribution in [3.63, 3.8) is 0 Å². The van der Waals surface area contributed by atoms with Crippen molar-refractivity contribution in [1.82, 2.24) is 9.78 Å². The van der Waals surface area contributed by atoms with Crippen LogP contribution < -0.4 is 10.5 Å². The van der Waals surface area contributed by atoms with E-state index in [2.05, 4.69) is 5.10 Å². The maximum Gasteiger partial charge on any atom is 0.340 e. The molecule has 7 nitrogen and oxygen atoms in total. The van der Waals surface area contributed by atoms with Crippen LogP contribution in [0.3, 0.4) is 0 Å². The monoisotopic (exact) mass is 377 g/mol. The highest BCUT2D eigenvalue weighted by Gasteiger charge is 2.23. The average molecular weight is 378 g/mol. The standard InChI is InChI=1S/C18H20ClN3O4/c1-26-18(25)13-4-2-3-5-14(13)22-17(24)16(19)15(10-20-22)21-8-6-12(11-23)7-9-21/h2-5,10,12,23H,6-9,11H2,1H3. The Balaban J connectivity index is 1.97. The molecule has 1 aliphatic heterocycles. The van der Waals surface area contributed by atoms with Gasteiger partial charge in [0.15, 0.2) is 0 Å². The summed E-state index contributed by atoms with van der Waals surface area (Å²) in [7, 11) is 1.28. The van der Waals surface area contributed by atoms with Gasteiger partial charge >= 0.3 is 5.97 Å². The molecule has 26 heavy (non-hydrogen) atoms. The summed E-state index contributed by atoms with van der Waals surface area (Å²) in [5.41, 5.74) is 0.624. The van der Waals surface area contributed by atoms with Gasteiger partial charge in [-0.1, -0.05) is 23.7 Å². The summed E-state index contributed by atoms with van der Waals surface area (Å²) < 4.78 is 5.87. The number of hydrogen-bond acceptors (Lipinski definition) is 6. The molecule has 0 unspecified atom stereocenters. The van der Waals surface area contributed by atoms with Crippen molar-refractivity contribution in [3.8, 4) is 5.69 Å². The normalized spacial score (nSPS) is 15.1. The van der Waals surface area contributed by atoms with E-state index >= 15 is 0 Å². The quantitative estimate of drug-likeness (QED) is 0.819. The van der Waals surface area contributed by atoms with Crippen LogP contribution in [0.5, 0.6) is 0 Å². The van der Waals surface area contributed by atoms with Crippen molar-refractivity contribution in [2.45, 2.75) is 12.8 Å². The topological polar surface area (TPSA) is 84.7 Å². The van der Waals surface area contributed by atoms with Crippen LogP contribution in [0.15, 0.2) is 35.3 Å². The molecule has 1 N–H and O–H groups in total. The van der Waals surface area contributed by atoms with Crippen LogP contribution in [0.25, 0.3) is 5.69 Å². The second kappa shape index (κ2) is 7.88. The van der Waals surface area contributed by atoms with Crippen molar-refractivity contribution < 1.29 is 14.6 Å². The molecule has 0 atom stereocenters. The number of anilines is 1. The number of benzene rings is 1. The molecule has 1 fully saturated rings. The van der Waals surface area contributed by atoms with Crippen molar-refractivity contribution in [2.24, 2.45) is 5.92 Å². The number of aliphatic hydroxyl groups excluding tert-OH is 1. The molecule has 0 spiro atoms. The van der Waals surface area contributed by atoms with E-state index < -0.39 is 11.5 Å². The van der Waals surface area contributed by atoms with Gasteiger partial charge in [0.1, 0.15) is 5.02 Å². The number of hydrogen-bond donors (Lipinski definition) is 1. The first-order chi connectivity index (χ1) is 12.6. The minimum absolute atomic E-state index is 0.0575. The van der Waals surface area contributed by atoms with Crippen LogP contribution in [-0.2, 0) is 4.74 Å². The van der Waals surface area contributed by atoms with Gasteiger partial charge in [-0.05, 0) is 30.9 Å². The van der Waals surface area contributed by atoms with E-state index in [-0.39, 0.29) is 23.1 Å². The summed E-state index contributed by atoms with van der Waals surface area (Å²) in [5.74, 6) is -0.272. The molecule has 1 aromatic carbocycles. The number of para-hydroxylation sites is 1. The number of carbonyl (C=O) groups excluding carboxylic acids is 1. The molecule has 0 amide bonds. The van der Waals surface area contributed by atoms with Crippen LogP contribution in [0, 0.1) is 5.92 Å². The highest BCUT2D eigenvalue weighted by atomic mass is 35.5. The minimum Gasteiger partial charge on any atom is -0.465 e. The molecule has 0 radical (unpaired) electrons. The van der Waals surface area contributed by atoms with Gasteiger partial charge in [-0.2, -0.15) is 9.78 Å². The third kappa shape index (κ3) is 3.45. The number of esters is 1. The number of nitrogens with zero attached hydrogens (tertiary/aromatic N) is 3. The van der Waals surface area contributed by atoms with E-state index in [0.717, 1.165) is 17.5 Å². The first kappa shape index (κ1) is 18.4. The fourth-order valence-electron chi connectivity index (χ4n) is 3.11. The van der Waals surface area contributed by atoms with Gasteiger partial charge in [-0.25, -0.2) is 4.79 Å². The second-order valence-electron chi connectivity index (χ2n) is 6.18. The molecule has 1 aliphatic rings. The lowest BCUT2D eigenvalue weighted by atomic mass is 9.98. The fraction of sp³-hybridized carbons (Fsp3) is 0.389. The molecule has 138 valence electrons. The Bertz CT molecular complexity index is 860. The summed E-state index contributed by atoms with van der Waals surface area (Å²) in [6, 6.07) is 6.57. The zero-order valence-corrected chi connectivity index (χ0v) is 15.1. The Kier molecular flexibility index (Phi) is 5.58. The Hall–Kier alpha value is -2.38. The van der Waals surface area contributed by atoms with Gasteiger partial charge in [0, 0.05) is 19.7 Å². The number of halogens is 1. The number of carbonyl (C=O) groups is 1. The SMILES string of the molecule is COC(=O)c1ccccc1-n1ncc(N2CCC(CO)CC2)c(Cl)c1=O. The first-order valence-electron chi connectivity index (χ1n) is 8.38. The number of ether oxygens (including phenoxy) is 1. The highest BCUT2D eigenvalue weighted by Crippen LogP contribution is 2.27. The lowest BCUT2D eigenvalue weighted by molar-refractivity contribution is 0.0600. The van der Waals surface area contributed by atoms with Crippen LogP contribution in [0.2, 0.25) is 5.02 Å². The van der Waals surface area contributed by atoms with Gasteiger partial charge in [0.05, 0.1) is 30.2 Å². The minimum atomic E-state index is -0.555. The molecule has 1 aromatic heterocycles. The van der Waals surface area contributed by atoms with Crippen LogP contribution in [-0.4, -0.2) is 47.7 Å². The van der Waals surface area contributed by atoms with E-state index in [1.54, 1.807) is 24.3 Å². The second-order valence-corrected chi connectivity index (χ2v) is 6.56. The Morgan fingerprint density at radius 2 is 2.00 bits per heavy atom. The lowest BCUT2D eigenvalue weighted by Gasteiger charge is -2.33. The zero-order chi connectivity index (χ0) is 18.7. The van der Waals surface area contributed by atoms with E-state index in [0.29, 0.717) is 24.5 Å². The van der Waals surface area contributed by atoms with Gasteiger partial charge in [-0.3, -0.25) is 4.79 Å². The predicted octanol–water partition coefficient (Wildman–Crippen LogP) is 1.88. The van der Waals surface area contributed by atoms with Crippen LogP contribution >= 0.6 is 11.6 Å². The number of aliphatic hydroxyl groups is 1. The molecule has 8 heteroatoms. The van der Waals surface area contributed by atoms with Crippen LogP contribution in [0.1, 0.15) is 23.2 Å². The van der Waals surface area contributed by atoms with Crippen molar-refractivity contribution >= 4 is 23.3 Å². The van der Waals surface area contributed by atoms with E-state index in [9.17, 15) is 14.7 Å². The summed E-state index contributed by atoms with van der Waals surface area (Å²) in [6.07, 6.45) is 3.21. The number of methoxy groups -OCH3 is 1. The van der Waals surface area contributed by atoms with Crippen LogP contribution in [0.4, 0.5) is 5.69 Å². The maximum absolute atomic E-state index is 12.8. The largest absolute Gasteiger partial charge is 0.465 e. The maximum atomic E-state index is 12.8. The predicted molar refractivity (Wildman–Crippen MR) is 98.2 cm³/mol. The van der Waals surface area contributed by atoms with E-state index in [1.165, 1.54) is 13.3 Å². The van der Waals surface area contributed by atoms with Gasteiger partial charge in [0.2, 0.25) is 0 Å². The van der Waals surface area contributed by atoms with Crippen molar-refractivity contribution in [1.29, 1.82) is 0 Å². The van der Waals surface area contributed by atoms with E-state index in [1.807, 2.05) is 4.90 Å². The molecule has 2 aromatic rings. The number of aromatic nitrogens is 2. The molecule has 3 rings (SSSR count).